The first kappa shape index (κ1) is 8.52. The Kier molecular flexibility index (Phi) is 2.37. The smallest absolute Gasteiger partial charge is 0.168 e. The Morgan fingerprint density at radius 3 is 2.25 bits per heavy atom. The van der Waals surface area contributed by atoms with Crippen molar-refractivity contribution < 1.29 is 9.47 Å². The highest BCUT2D eigenvalue weighted by atomic mass is 16.7. The van der Waals surface area contributed by atoms with E-state index in [0.29, 0.717) is 0 Å². The Bertz CT molecular complexity index is 140. The highest BCUT2D eigenvalue weighted by molar-refractivity contribution is 4.81. The second-order valence-corrected chi connectivity index (χ2v) is 3.96. The molecule has 2 fully saturated rings. The first-order valence-electron chi connectivity index (χ1n) is 5.12. The van der Waals surface area contributed by atoms with Gasteiger partial charge < -0.3 is 9.47 Å². The van der Waals surface area contributed by atoms with Crippen LogP contribution in [0.4, 0.5) is 0 Å². The van der Waals surface area contributed by atoms with Crippen molar-refractivity contribution in [3.8, 4) is 0 Å². The van der Waals surface area contributed by atoms with Crippen LogP contribution in [-0.2, 0) is 9.47 Å². The second kappa shape index (κ2) is 3.35. The lowest BCUT2D eigenvalue weighted by atomic mass is 9.84. The predicted molar refractivity (Wildman–Crippen MR) is 46.9 cm³/mol. The normalized spacial score (nSPS) is 29.8. The van der Waals surface area contributed by atoms with Crippen molar-refractivity contribution in [3.63, 3.8) is 0 Å². The molecule has 0 bridgehead atoms. The van der Waals surface area contributed by atoms with E-state index in [9.17, 15) is 0 Å². The van der Waals surface area contributed by atoms with Crippen LogP contribution in [0.1, 0.15) is 39.0 Å². The Balaban J connectivity index is 1.88. The zero-order valence-electron chi connectivity index (χ0n) is 7.84. The van der Waals surface area contributed by atoms with Crippen LogP contribution in [0.2, 0.25) is 0 Å². The zero-order chi connectivity index (χ0) is 8.44. The van der Waals surface area contributed by atoms with Gasteiger partial charge in [-0.3, -0.25) is 0 Å². The zero-order valence-corrected chi connectivity index (χ0v) is 7.84. The van der Waals surface area contributed by atoms with E-state index >= 15 is 0 Å². The van der Waals surface area contributed by atoms with Gasteiger partial charge in [0.25, 0.3) is 0 Å². The van der Waals surface area contributed by atoms with Gasteiger partial charge in [0, 0.05) is 12.8 Å². The average Bonchev–Trinajstić information content (AvgIpc) is 2.55. The summed E-state index contributed by atoms with van der Waals surface area (Å²) >= 11 is 0. The van der Waals surface area contributed by atoms with Gasteiger partial charge in [-0.1, -0.05) is 13.3 Å². The van der Waals surface area contributed by atoms with E-state index in [4.69, 9.17) is 9.47 Å². The molecular formula is C10H18O2. The van der Waals surface area contributed by atoms with Crippen LogP contribution in [0.25, 0.3) is 0 Å². The molecule has 0 radical (unpaired) electrons. The van der Waals surface area contributed by atoms with E-state index in [1.165, 1.54) is 19.3 Å². The van der Waals surface area contributed by atoms with E-state index in [-0.39, 0.29) is 5.79 Å². The van der Waals surface area contributed by atoms with Gasteiger partial charge in [0.05, 0.1) is 13.2 Å². The summed E-state index contributed by atoms with van der Waals surface area (Å²) in [5, 5.41) is 0. The summed E-state index contributed by atoms with van der Waals surface area (Å²) in [4.78, 5) is 0. The summed E-state index contributed by atoms with van der Waals surface area (Å²) < 4.78 is 11.3. The van der Waals surface area contributed by atoms with Crippen molar-refractivity contribution in [1.29, 1.82) is 0 Å². The summed E-state index contributed by atoms with van der Waals surface area (Å²) in [6, 6.07) is 0. The largest absolute Gasteiger partial charge is 0.348 e. The monoisotopic (exact) mass is 170 g/mol. The standard InChI is InChI=1S/C10H18O2/c1-2-9-3-5-10(6-4-9)11-7-8-12-10/h9H,2-8H2,1H3. The van der Waals surface area contributed by atoms with Crippen LogP contribution in [0.15, 0.2) is 0 Å². The minimum atomic E-state index is -0.147. The molecule has 2 aliphatic rings. The quantitative estimate of drug-likeness (QED) is 0.601. The molecule has 0 unspecified atom stereocenters. The third-order valence-electron chi connectivity index (χ3n) is 3.26. The van der Waals surface area contributed by atoms with Crippen molar-refractivity contribution in [2.45, 2.75) is 44.8 Å². The Hall–Kier alpha value is -0.0800. The second-order valence-electron chi connectivity index (χ2n) is 3.96. The van der Waals surface area contributed by atoms with Crippen LogP contribution in [-0.4, -0.2) is 19.0 Å². The molecule has 0 N–H and O–H groups in total. The van der Waals surface area contributed by atoms with Gasteiger partial charge in [-0.15, -0.1) is 0 Å². The van der Waals surface area contributed by atoms with Crippen molar-refractivity contribution in [2.24, 2.45) is 5.92 Å². The first-order chi connectivity index (χ1) is 5.85. The van der Waals surface area contributed by atoms with Gasteiger partial charge in [-0.05, 0) is 18.8 Å². The lowest BCUT2D eigenvalue weighted by Crippen LogP contribution is -2.34. The van der Waals surface area contributed by atoms with Crippen LogP contribution in [0.3, 0.4) is 0 Å². The molecule has 1 spiro atoms. The van der Waals surface area contributed by atoms with Gasteiger partial charge in [0.2, 0.25) is 0 Å². The fourth-order valence-corrected chi connectivity index (χ4v) is 2.31. The maximum atomic E-state index is 5.65. The third-order valence-corrected chi connectivity index (χ3v) is 3.26. The van der Waals surface area contributed by atoms with Gasteiger partial charge >= 0.3 is 0 Å². The molecule has 2 heteroatoms. The minimum Gasteiger partial charge on any atom is -0.348 e. The number of hydrogen-bond donors (Lipinski definition) is 0. The molecule has 0 aromatic carbocycles. The van der Waals surface area contributed by atoms with Crippen LogP contribution in [0, 0.1) is 5.92 Å². The first-order valence-corrected chi connectivity index (χ1v) is 5.12. The molecule has 1 aliphatic carbocycles. The number of rotatable bonds is 1. The highest BCUT2D eigenvalue weighted by Gasteiger charge is 2.39. The number of ether oxygens (including phenoxy) is 2. The van der Waals surface area contributed by atoms with Crippen molar-refractivity contribution in [3.05, 3.63) is 0 Å². The summed E-state index contributed by atoms with van der Waals surface area (Å²) in [7, 11) is 0. The van der Waals surface area contributed by atoms with E-state index in [0.717, 1.165) is 32.0 Å². The highest BCUT2D eigenvalue weighted by Crippen LogP contribution is 2.38. The maximum Gasteiger partial charge on any atom is 0.168 e. The molecule has 0 aromatic rings. The fraction of sp³-hybridized carbons (Fsp3) is 1.00. The number of hydrogen-bond acceptors (Lipinski definition) is 2. The van der Waals surface area contributed by atoms with Crippen LogP contribution in [0.5, 0.6) is 0 Å². The minimum absolute atomic E-state index is 0.147. The average molecular weight is 170 g/mol. The van der Waals surface area contributed by atoms with Crippen LogP contribution >= 0.6 is 0 Å². The maximum absolute atomic E-state index is 5.65. The van der Waals surface area contributed by atoms with Gasteiger partial charge in [0.15, 0.2) is 5.79 Å². The van der Waals surface area contributed by atoms with E-state index in [1.54, 1.807) is 0 Å². The molecule has 2 rings (SSSR count). The van der Waals surface area contributed by atoms with Crippen molar-refractivity contribution in [2.75, 3.05) is 13.2 Å². The molecule has 1 heterocycles. The van der Waals surface area contributed by atoms with Crippen molar-refractivity contribution in [1.82, 2.24) is 0 Å². The summed E-state index contributed by atoms with van der Waals surface area (Å²) in [6.45, 7) is 3.88. The summed E-state index contributed by atoms with van der Waals surface area (Å²) in [6.07, 6.45) is 6.13. The third kappa shape index (κ3) is 1.50. The molecule has 1 aliphatic heterocycles. The molecule has 1 saturated heterocycles. The lowest BCUT2D eigenvalue weighted by molar-refractivity contribution is -0.182. The fourth-order valence-electron chi connectivity index (χ4n) is 2.31. The van der Waals surface area contributed by atoms with Crippen molar-refractivity contribution >= 4 is 0 Å². The Labute approximate surface area is 74.2 Å². The molecular weight excluding hydrogens is 152 g/mol. The molecule has 12 heavy (non-hydrogen) atoms. The molecule has 70 valence electrons. The van der Waals surface area contributed by atoms with Gasteiger partial charge in [-0.25, -0.2) is 0 Å². The molecule has 2 nitrogen and oxygen atoms in total. The SMILES string of the molecule is CCC1CCC2(CC1)OCCO2. The van der Waals surface area contributed by atoms with E-state index in [1.807, 2.05) is 0 Å². The van der Waals surface area contributed by atoms with Gasteiger partial charge in [0.1, 0.15) is 0 Å². The van der Waals surface area contributed by atoms with E-state index in [2.05, 4.69) is 6.92 Å². The topological polar surface area (TPSA) is 18.5 Å². The lowest BCUT2D eigenvalue weighted by Gasteiger charge is -2.34. The molecule has 1 saturated carbocycles. The molecule has 0 atom stereocenters. The molecule has 0 aromatic heterocycles. The van der Waals surface area contributed by atoms with E-state index < -0.39 is 0 Å². The Morgan fingerprint density at radius 1 is 1.17 bits per heavy atom. The molecule has 0 amide bonds. The summed E-state index contributed by atoms with van der Waals surface area (Å²) in [5.41, 5.74) is 0. The Morgan fingerprint density at radius 2 is 1.75 bits per heavy atom. The van der Waals surface area contributed by atoms with Crippen LogP contribution < -0.4 is 0 Å². The van der Waals surface area contributed by atoms with Gasteiger partial charge in [-0.2, -0.15) is 0 Å². The summed E-state index contributed by atoms with van der Waals surface area (Å²) in [5.74, 6) is 0.773. The predicted octanol–water partition coefficient (Wildman–Crippen LogP) is 2.33.